The second-order valence-corrected chi connectivity index (χ2v) is 8.87. The average Bonchev–Trinajstić information content (AvgIpc) is 2.99. The van der Waals surface area contributed by atoms with Gasteiger partial charge in [-0.2, -0.15) is 5.10 Å². The van der Waals surface area contributed by atoms with Gasteiger partial charge in [-0.15, -0.1) is 0 Å². The highest BCUT2D eigenvalue weighted by molar-refractivity contribution is 7.99. The Hall–Kier alpha value is -2.93. The second kappa shape index (κ2) is 9.92. The van der Waals surface area contributed by atoms with Gasteiger partial charge in [-0.3, -0.25) is 4.79 Å². The molecule has 1 amide bonds. The molecule has 0 saturated heterocycles. The van der Waals surface area contributed by atoms with E-state index >= 15 is 0 Å². The van der Waals surface area contributed by atoms with Crippen LogP contribution in [-0.4, -0.2) is 32.4 Å². The molecule has 0 bridgehead atoms. The molecule has 1 aromatic carbocycles. The van der Waals surface area contributed by atoms with Crippen LogP contribution in [-0.2, 0) is 4.79 Å². The monoisotopic (exact) mass is 435 g/mol. The van der Waals surface area contributed by atoms with Crippen LogP contribution < -0.4 is 5.43 Å². The Kier molecular flexibility index (Phi) is 7.28. The summed E-state index contributed by atoms with van der Waals surface area (Å²) < 4.78 is 2.19. The van der Waals surface area contributed by atoms with Crippen LogP contribution in [0.25, 0.3) is 5.69 Å². The molecule has 6 nitrogen and oxygen atoms in total. The van der Waals surface area contributed by atoms with Crippen LogP contribution in [0.3, 0.4) is 0 Å². The van der Waals surface area contributed by atoms with Gasteiger partial charge in [0.1, 0.15) is 0 Å². The number of benzene rings is 1. The van der Waals surface area contributed by atoms with Crippen molar-refractivity contribution in [2.75, 3.05) is 5.75 Å². The zero-order valence-corrected chi connectivity index (χ0v) is 19.7. The standard InChI is InChI=1S/C24H29N5OS/c1-15(2)20-7-9-22(10-8-20)29-18(5)12-21(19(29)6)13-25-28-23(30)14-31-24-26-16(3)11-17(4)27-24/h7-13,15H,14H2,1-6H3,(H,28,30)/b25-13-. The molecule has 0 aliphatic rings. The molecule has 2 aromatic heterocycles. The fourth-order valence-corrected chi connectivity index (χ4v) is 4.16. The number of nitrogens with zero attached hydrogens (tertiary/aromatic N) is 4. The maximum absolute atomic E-state index is 12.1. The Morgan fingerprint density at radius 2 is 1.74 bits per heavy atom. The average molecular weight is 436 g/mol. The summed E-state index contributed by atoms with van der Waals surface area (Å²) >= 11 is 1.30. The molecule has 0 unspecified atom stereocenters. The zero-order chi connectivity index (χ0) is 22.5. The third-order valence-electron chi connectivity index (χ3n) is 4.98. The predicted octanol–water partition coefficient (Wildman–Crippen LogP) is 4.87. The highest BCUT2D eigenvalue weighted by atomic mass is 32.2. The lowest BCUT2D eigenvalue weighted by Crippen LogP contribution is -2.19. The van der Waals surface area contributed by atoms with Gasteiger partial charge in [0.25, 0.3) is 5.91 Å². The van der Waals surface area contributed by atoms with Gasteiger partial charge in [0, 0.05) is 34.0 Å². The minimum atomic E-state index is -0.193. The van der Waals surface area contributed by atoms with E-state index in [0.717, 1.165) is 34.0 Å². The van der Waals surface area contributed by atoms with Crippen LogP contribution in [0, 0.1) is 27.7 Å². The lowest BCUT2D eigenvalue weighted by molar-refractivity contribution is -0.118. The fraction of sp³-hybridized carbons (Fsp3) is 0.333. The maximum atomic E-state index is 12.1. The number of hydrazone groups is 1. The van der Waals surface area contributed by atoms with Gasteiger partial charge < -0.3 is 4.57 Å². The number of aryl methyl sites for hydroxylation is 3. The van der Waals surface area contributed by atoms with Crippen LogP contribution in [0.1, 0.15) is 53.7 Å². The summed E-state index contributed by atoms with van der Waals surface area (Å²) in [6.07, 6.45) is 1.69. The first-order chi connectivity index (χ1) is 14.7. The molecule has 0 saturated carbocycles. The van der Waals surface area contributed by atoms with Gasteiger partial charge in [-0.05, 0) is 63.4 Å². The van der Waals surface area contributed by atoms with E-state index in [9.17, 15) is 4.79 Å². The largest absolute Gasteiger partial charge is 0.318 e. The Bertz CT molecular complexity index is 1080. The molecule has 0 fully saturated rings. The maximum Gasteiger partial charge on any atom is 0.250 e. The smallest absolute Gasteiger partial charge is 0.250 e. The third kappa shape index (κ3) is 5.82. The summed E-state index contributed by atoms with van der Waals surface area (Å²) in [7, 11) is 0. The van der Waals surface area contributed by atoms with Crippen LogP contribution in [0.2, 0.25) is 0 Å². The Morgan fingerprint density at radius 1 is 1.10 bits per heavy atom. The molecule has 0 aliphatic carbocycles. The van der Waals surface area contributed by atoms with Gasteiger partial charge in [0.05, 0.1) is 12.0 Å². The topological polar surface area (TPSA) is 72.2 Å². The highest BCUT2D eigenvalue weighted by Gasteiger charge is 2.10. The highest BCUT2D eigenvalue weighted by Crippen LogP contribution is 2.22. The van der Waals surface area contributed by atoms with Crippen LogP contribution in [0.4, 0.5) is 0 Å². The number of carbonyl (C=O) groups excluding carboxylic acids is 1. The van der Waals surface area contributed by atoms with E-state index < -0.39 is 0 Å². The van der Waals surface area contributed by atoms with Gasteiger partial charge in [-0.1, -0.05) is 37.7 Å². The van der Waals surface area contributed by atoms with E-state index in [-0.39, 0.29) is 11.7 Å². The molecule has 31 heavy (non-hydrogen) atoms. The second-order valence-electron chi connectivity index (χ2n) is 7.92. The molecule has 1 N–H and O–H groups in total. The normalized spacial score (nSPS) is 11.5. The third-order valence-corrected chi connectivity index (χ3v) is 5.82. The van der Waals surface area contributed by atoms with E-state index in [1.165, 1.54) is 17.3 Å². The van der Waals surface area contributed by atoms with E-state index in [4.69, 9.17) is 0 Å². The molecule has 0 aliphatic heterocycles. The van der Waals surface area contributed by atoms with E-state index in [1.807, 2.05) is 19.9 Å². The van der Waals surface area contributed by atoms with Crippen molar-refractivity contribution >= 4 is 23.9 Å². The number of nitrogens with one attached hydrogen (secondary N) is 1. The van der Waals surface area contributed by atoms with Crippen molar-refractivity contribution in [2.24, 2.45) is 5.10 Å². The van der Waals surface area contributed by atoms with Crippen molar-refractivity contribution in [1.82, 2.24) is 20.0 Å². The Morgan fingerprint density at radius 3 is 2.35 bits per heavy atom. The Labute approximate surface area is 188 Å². The molecule has 3 rings (SSSR count). The number of hydrogen-bond donors (Lipinski definition) is 1. The summed E-state index contributed by atoms with van der Waals surface area (Å²) in [5.74, 6) is 0.524. The lowest BCUT2D eigenvalue weighted by Gasteiger charge is -2.12. The van der Waals surface area contributed by atoms with E-state index in [1.54, 1.807) is 6.21 Å². The number of rotatable bonds is 7. The number of aromatic nitrogens is 3. The quantitative estimate of drug-likeness (QED) is 0.249. The Balaban J connectivity index is 1.63. The van der Waals surface area contributed by atoms with Crippen LogP contribution in [0.5, 0.6) is 0 Å². The fourth-order valence-electron chi connectivity index (χ4n) is 3.42. The molecule has 162 valence electrons. The van der Waals surface area contributed by atoms with Crippen molar-refractivity contribution < 1.29 is 4.79 Å². The number of hydrogen-bond acceptors (Lipinski definition) is 5. The SMILES string of the molecule is Cc1cc(C)nc(SCC(=O)N/N=C\c2cc(C)n(-c3ccc(C(C)C)cc3)c2C)n1. The van der Waals surface area contributed by atoms with Crippen molar-refractivity contribution in [3.8, 4) is 5.69 Å². The molecule has 0 spiro atoms. The summed E-state index contributed by atoms with van der Waals surface area (Å²) in [5.41, 5.74) is 9.97. The number of thioether (sulfide) groups is 1. The molecule has 3 aromatic rings. The first kappa shape index (κ1) is 22.7. The summed E-state index contributed by atoms with van der Waals surface area (Å²) in [5, 5.41) is 4.74. The predicted molar refractivity (Wildman–Crippen MR) is 127 cm³/mol. The summed E-state index contributed by atoms with van der Waals surface area (Å²) in [4.78, 5) is 20.8. The molecule has 7 heteroatoms. The van der Waals surface area contributed by atoms with Crippen LogP contribution in [0.15, 0.2) is 46.7 Å². The van der Waals surface area contributed by atoms with Crippen molar-refractivity contribution in [3.63, 3.8) is 0 Å². The first-order valence-electron chi connectivity index (χ1n) is 10.3. The van der Waals surface area contributed by atoms with Crippen LogP contribution >= 0.6 is 11.8 Å². The molecule has 2 heterocycles. The van der Waals surface area contributed by atoms with Gasteiger partial charge in [-0.25, -0.2) is 15.4 Å². The molecule has 0 atom stereocenters. The zero-order valence-electron chi connectivity index (χ0n) is 18.9. The van der Waals surface area contributed by atoms with Crippen molar-refractivity contribution in [1.29, 1.82) is 0 Å². The summed E-state index contributed by atoms with van der Waals surface area (Å²) in [6, 6.07) is 12.6. The van der Waals surface area contributed by atoms with Gasteiger partial charge >= 0.3 is 0 Å². The summed E-state index contributed by atoms with van der Waals surface area (Å²) in [6.45, 7) is 12.3. The van der Waals surface area contributed by atoms with Gasteiger partial charge in [0.2, 0.25) is 0 Å². The lowest BCUT2D eigenvalue weighted by atomic mass is 10.0. The number of amides is 1. The molecule has 0 radical (unpaired) electrons. The van der Waals surface area contributed by atoms with Crippen molar-refractivity contribution in [3.05, 3.63) is 70.3 Å². The minimum Gasteiger partial charge on any atom is -0.318 e. The van der Waals surface area contributed by atoms with E-state index in [0.29, 0.717) is 11.1 Å². The first-order valence-corrected chi connectivity index (χ1v) is 11.3. The minimum absolute atomic E-state index is 0.193. The van der Waals surface area contributed by atoms with E-state index in [2.05, 4.69) is 83.1 Å². The molecular weight excluding hydrogens is 406 g/mol. The van der Waals surface area contributed by atoms with Crippen molar-refractivity contribution in [2.45, 2.75) is 52.6 Å². The number of carbonyl (C=O) groups is 1. The van der Waals surface area contributed by atoms with Gasteiger partial charge in [0.15, 0.2) is 5.16 Å². The molecular formula is C24H29N5OS.